The molecule has 0 amide bonds. The van der Waals surface area contributed by atoms with Gasteiger partial charge in [-0.2, -0.15) is 0 Å². The Bertz CT molecular complexity index is 1440. The Kier molecular flexibility index (Phi) is 67.1. The lowest BCUT2D eigenvalue weighted by atomic mass is 10.0. The van der Waals surface area contributed by atoms with Crippen LogP contribution in [0.4, 0.5) is 0 Å². The predicted octanol–water partition coefficient (Wildman–Crippen LogP) is 24.7. The van der Waals surface area contributed by atoms with Crippen molar-refractivity contribution in [1.82, 2.24) is 0 Å². The highest BCUT2D eigenvalue weighted by Gasteiger charge is 2.19. The zero-order valence-electron chi connectivity index (χ0n) is 54.3. The van der Waals surface area contributed by atoms with E-state index in [2.05, 4.69) is 81.5 Å². The molecule has 472 valence electrons. The van der Waals surface area contributed by atoms with Gasteiger partial charge in [-0.1, -0.05) is 332 Å². The molecule has 0 rings (SSSR count). The molecule has 0 aromatic heterocycles. The summed E-state index contributed by atoms with van der Waals surface area (Å²) in [5, 5.41) is 0. The molecule has 0 saturated heterocycles. The molecule has 0 bridgehead atoms. The molecule has 6 nitrogen and oxygen atoms in total. The fourth-order valence-corrected chi connectivity index (χ4v) is 10.6. The molecule has 81 heavy (non-hydrogen) atoms. The van der Waals surface area contributed by atoms with Gasteiger partial charge in [-0.3, -0.25) is 14.4 Å². The van der Waals surface area contributed by atoms with E-state index in [-0.39, 0.29) is 31.1 Å². The first-order valence-electron chi connectivity index (χ1n) is 35.8. The highest BCUT2D eigenvalue weighted by atomic mass is 16.6. The highest BCUT2D eigenvalue weighted by molar-refractivity contribution is 5.71. The summed E-state index contributed by atoms with van der Waals surface area (Å²) in [6.45, 7) is 6.63. The Morgan fingerprint density at radius 2 is 0.444 bits per heavy atom. The van der Waals surface area contributed by atoms with Crippen LogP contribution in [-0.4, -0.2) is 37.2 Å². The molecule has 6 heteroatoms. The Labute approximate surface area is 504 Å². The molecular weight excluding hydrogens is 997 g/mol. The second kappa shape index (κ2) is 69.6. The van der Waals surface area contributed by atoms with Crippen molar-refractivity contribution in [3.63, 3.8) is 0 Å². The van der Waals surface area contributed by atoms with Gasteiger partial charge in [-0.15, -0.1) is 0 Å². The third kappa shape index (κ3) is 67.8. The van der Waals surface area contributed by atoms with Crippen molar-refractivity contribution in [1.29, 1.82) is 0 Å². The van der Waals surface area contributed by atoms with E-state index < -0.39 is 6.10 Å². The molecule has 0 aliphatic carbocycles. The molecule has 0 saturated carbocycles. The number of esters is 3. The fourth-order valence-electron chi connectivity index (χ4n) is 10.6. The van der Waals surface area contributed by atoms with Crippen molar-refractivity contribution in [2.45, 2.75) is 386 Å². The van der Waals surface area contributed by atoms with Crippen LogP contribution in [0.25, 0.3) is 0 Å². The van der Waals surface area contributed by atoms with Gasteiger partial charge in [0.2, 0.25) is 0 Å². The third-order valence-electron chi connectivity index (χ3n) is 16.0. The molecule has 0 aliphatic rings. The minimum Gasteiger partial charge on any atom is -0.462 e. The fraction of sp³-hybridized carbons (Fsp3) is 0.827. The number of carbonyl (C=O) groups is 3. The van der Waals surface area contributed by atoms with Gasteiger partial charge in [-0.05, 0) is 89.9 Å². The normalized spacial score (nSPS) is 12.4. The Morgan fingerprint density at radius 1 is 0.247 bits per heavy atom. The molecule has 1 unspecified atom stereocenters. The monoisotopic (exact) mass is 1130 g/mol. The summed E-state index contributed by atoms with van der Waals surface area (Å²) in [4.78, 5) is 38.5. The maximum atomic E-state index is 12.9. The number of hydrogen-bond acceptors (Lipinski definition) is 6. The summed E-state index contributed by atoms with van der Waals surface area (Å²) in [5.74, 6) is -0.876. The number of hydrogen-bond donors (Lipinski definition) is 0. The van der Waals surface area contributed by atoms with E-state index in [1.807, 2.05) is 0 Å². The summed E-state index contributed by atoms with van der Waals surface area (Å²) < 4.78 is 17.0. The van der Waals surface area contributed by atoms with Crippen molar-refractivity contribution in [2.24, 2.45) is 0 Å². The van der Waals surface area contributed by atoms with Crippen LogP contribution in [0.1, 0.15) is 380 Å². The van der Waals surface area contributed by atoms with Crippen LogP contribution in [-0.2, 0) is 28.6 Å². The average Bonchev–Trinajstić information content (AvgIpc) is 3.47. The molecule has 0 heterocycles. The summed E-state index contributed by atoms with van der Waals surface area (Å²) in [7, 11) is 0. The number of unbranched alkanes of at least 4 members (excludes halogenated alkanes) is 45. The summed E-state index contributed by atoms with van der Waals surface area (Å²) in [6, 6.07) is 0. The second-order valence-electron chi connectivity index (χ2n) is 24.1. The lowest BCUT2D eigenvalue weighted by Crippen LogP contribution is -2.30. The van der Waals surface area contributed by atoms with E-state index in [4.69, 9.17) is 14.2 Å². The number of ether oxygens (including phenoxy) is 3. The summed E-state index contributed by atoms with van der Waals surface area (Å²) in [6.07, 6.45) is 89.6. The molecular formula is C75H136O6. The zero-order valence-corrected chi connectivity index (χ0v) is 54.3. The molecule has 0 N–H and O–H groups in total. The first-order chi connectivity index (χ1) is 40.0. The van der Waals surface area contributed by atoms with E-state index in [9.17, 15) is 14.4 Å². The number of carbonyl (C=O) groups excluding carboxylic acids is 3. The lowest BCUT2D eigenvalue weighted by Gasteiger charge is -2.18. The van der Waals surface area contributed by atoms with Gasteiger partial charge in [0.1, 0.15) is 13.2 Å². The smallest absolute Gasteiger partial charge is 0.306 e. The van der Waals surface area contributed by atoms with Gasteiger partial charge in [0.15, 0.2) is 6.10 Å². The minimum atomic E-state index is -0.785. The molecule has 0 aromatic rings. The zero-order chi connectivity index (χ0) is 58.5. The van der Waals surface area contributed by atoms with E-state index in [1.165, 1.54) is 244 Å². The standard InChI is InChI=1S/C75H136O6/c1-4-7-10-13-16-19-22-25-28-31-33-34-35-36-37-38-39-40-42-44-47-50-53-56-59-62-65-68-74(77)80-71-72(70-79-73(76)67-64-61-58-55-52-49-46-43-30-27-24-21-18-15-12-9-6-3)81-75(78)69-66-63-60-57-54-51-48-45-41-32-29-26-23-20-17-14-11-8-5-2/h17-18,20-21,26-27,29-30,41,45,72H,4-16,19,22-25,28,31-40,42-44,46-71H2,1-3H3/b20-17-,21-18-,29-26-,30-27-,45-41-. The first-order valence-corrected chi connectivity index (χ1v) is 35.8. The highest BCUT2D eigenvalue weighted by Crippen LogP contribution is 2.18. The predicted molar refractivity (Wildman–Crippen MR) is 353 cm³/mol. The molecule has 0 aliphatic heterocycles. The van der Waals surface area contributed by atoms with Gasteiger partial charge >= 0.3 is 17.9 Å². The Hall–Kier alpha value is -2.89. The van der Waals surface area contributed by atoms with Crippen LogP contribution >= 0.6 is 0 Å². The van der Waals surface area contributed by atoms with Gasteiger partial charge in [-0.25, -0.2) is 0 Å². The van der Waals surface area contributed by atoms with E-state index >= 15 is 0 Å². The van der Waals surface area contributed by atoms with Gasteiger partial charge in [0, 0.05) is 19.3 Å². The van der Waals surface area contributed by atoms with E-state index in [1.54, 1.807) is 0 Å². The second-order valence-corrected chi connectivity index (χ2v) is 24.1. The van der Waals surface area contributed by atoms with Crippen molar-refractivity contribution in [3.8, 4) is 0 Å². The molecule has 0 fully saturated rings. The van der Waals surface area contributed by atoms with Crippen LogP contribution in [0, 0.1) is 0 Å². The summed E-state index contributed by atoms with van der Waals surface area (Å²) >= 11 is 0. The molecule has 1 atom stereocenters. The van der Waals surface area contributed by atoms with Crippen LogP contribution in [0.15, 0.2) is 60.8 Å². The van der Waals surface area contributed by atoms with Gasteiger partial charge < -0.3 is 14.2 Å². The Morgan fingerprint density at radius 3 is 0.716 bits per heavy atom. The molecule has 0 spiro atoms. The van der Waals surface area contributed by atoms with Crippen molar-refractivity contribution in [2.75, 3.05) is 13.2 Å². The minimum absolute atomic E-state index is 0.0788. The van der Waals surface area contributed by atoms with Crippen LogP contribution in [0.3, 0.4) is 0 Å². The third-order valence-corrected chi connectivity index (χ3v) is 16.0. The average molecular weight is 1130 g/mol. The van der Waals surface area contributed by atoms with E-state index in [0.29, 0.717) is 19.3 Å². The molecule has 0 radical (unpaired) electrons. The van der Waals surface area contributed by atoms with Crippen molar-refractivity contribution < 1.29 is 28.6 Å². The number of rotatable bonds is 66. The van der Waals surface area contributed by atoms with Crippen LogP contribution in [0.5, 0.6) is 0 Å². The largest absolute Gasteiger partial charge is 0.462 e. The van der Waals surface area contributed by atoms with Gasteiger partial charge in [0.25, 0.3) is 0 Å². The summed E-state index contributed by atoms with van der Waals surface area (Å²) in [5.41, 5.74) is 0. The van der Waals surface area contributed by atoms with Crippen LogP contribution < -0.4 is 0 Å². The molecule has 0 aromatic carbocycles. The topological polar surface area (TPSA) is 78.9 Å². The first kappa shape index (κ1) is 78.1. The quantitative estimate of drug-likeness (QED) is 0.0261. The lowest BCUT2D eigenvalue weighted by molar-refractivity contribution is -0.167. The number of allylic oxidation sites excluding steroid dienone is 10. The van der Waals surface area contributed by atoms with Crippen molar-refractivity contribution >= 4 is 17.9 Å². The van der Waals surface area contributed by atoms with Crippen LogP contribution in [0.2, 0.25) is 0 Å². The maximum absolute atomic E-state index is 12.9. The Balaban J connectivity index is 4.29. The SMILES string of the molecule is CCCCC/C=C\C/C=C\C/C=C\CCCCCCCCC(=O)OC(COC(=O)CCCCCCCCC/C=C\C/C=C\CCCCC)COC(=O)CCCCCCCCCCCCCCCCCCCCCCCCCCCCC. The maximum Gasteiger partial charge on any atom is 0.306 e. The van der Waals surface area contributed by atoms with Crippen molar-refractivity contribution in [3.05, 3.63) is 60.8 Å². The van der Waals surface area contributed by atoms with Gasteiger partial charge in [0.05, 0.1) is 0 Å². The van der Waals surface area contributed by atoms with E-state index in [0.717, 1.165) is 96.3 Å².